The summed E-state index contributed by atoms with van der Waals surface area (Å²) in [4.78, 5) is 0. The SMILES string of the molecule is C1=CC([n+]2c(-c3ccccc3)cc(-c3ccccc3)cc2-c2ccccc2)CC1.F[B-](F)(F)F. The van der Waals surface area contributed by atoms with Crippen LogP contribution in [0.25, 0.3) is 33.6 Å². The van der Waals surface area contributed by atoms with Crippen molar-refractivity contribution < 1.29 is 21.8 Å². The molecule has 172 valence electrons. The van der Waals surface area contributed by atoms with Crippen LogP contribution in [0.5, 0.6) is 0 Å². The van der Waals surface area contributed by atoms with E-state index >= 15 is 0 Å². The molecule has 4 aromatic rings. The minimum Gasteiger partial charge on any atom is -0.418 e. The second-order valence-electron chi connectivity index (χ2n) is 8.05. The zero-order chi connectivity index (χ0) is 24.0. The quantitative estimate of drug-likeness (QED) is 0.125. The molecule has 1 heterocycles. The lowest BCUT2D eigenvalue weighted by molar-refractivity contribution is -0.690. The maximum Gasteiger partial charge on any atom is 0.673 e. The highest BCUT2D eigenvalue weighted by atomic mass is 19.5. The van der Waals surface area contributed by atoms with E-state index in [0.29, 0.717) is 6.04 Å². The number of allylic oxidation sites excluding steroid dienone is 2. The molecule has 0 spiro atoms. The van der Waals surface area contributed by atoms with Crippen molar-refractivity contribution in [2.24, 2.45) is 0 Å². The fourth-order valence-electron chi connectivity index (χ4n) is 4.25. The van der Waals surface area contributed by atoms with Crippen LogP contribution in [0.15, 0.2) is 115 Å². The van der Waals surface area contributed by atoms with Gasteiger partial charge >= 0.3 is 7.25 Å². The van der Waals surface area contributed by atoms with Gasteiger partial charge in [-0.25, -0.2) is 0 Å². The summed E-state index contributed by atoms with van der Waals surface area (Å²) in [7, 11) is -6.00. The summed E-state index contributed by atoms with van der Waals surface area (Å²) in [5, 5.41) is 0. The van der Waals surface area contributed by atoms with Gasteiger partial charge in [0.05, 0.1) is 0 Å². The van der Waals surface area contributed by atoms with Gasteiger partial charge in [0.1, 0.15) is 0 Å². The molecule has 1 aliphatic carbocycles. The van der Waals surface area contributed by atoms with Gasteiger partial charge in [-0.1, -0.05) is 72.8 Å². The third-order valence-corrected chi connectivity index (χ3v) is 5.67. The van der Waals surface area contributed by atoms with Gasteiger partial charge in [0.15, 0.2) is 6.04 Å². The Bertz CT molecular complexity index is 1170. The van der Waals surface area contributed by atoms with Crippen molar-refractivity contribution >= 4 is 7.25 Å². The maximum absolute atomic E-state index is 9.75. The molecule has 1 nitrogen and oxygen atoms in total. The Morgan fingerprint density at radius 2 is 1.00 bits per heavy atom. The van der Waals surface area contributed by atoms with Gasteiger partial charge < -0.3 is 17.3 Å². The molecule has 0 fully saturated rings. The van der Waals surface area contributed by atoms with Crippen LogP contribution in [-0.4, -0.2) is 7.25 Å². The van der Waals surface area contributed by atoms with Crippen LogP contribution in [0.2, 0.25) is 0 Å². The number of hydrogen-bond donors (Lipinski definition) is 0. The third-order valence-electron chi connectivity index (χ3n) is 5.67. The number of benzene rings is 3. The summed E-state index contributed by atoms with van der Waals surface area (Å²) in [6.45, 7) is 0. The normalized spacial score (nSPS) is 15.0. The number of pyridine rings is 1. The highest BCUT2D eigenvalue weighted by Crippen LogP contribution is 2.32. The lowest BCUT2D eigenvalue weighted by Crippen LogP contribution is -2.42. The predicted molar refractivity (Wildman–Crippen MR) is 131 cm³/mol. The molecule has 1 aliphatic rings. The smallest absolute Gasteiger partial charge is 0.418 e. The summed E-state index contributed by atoms with van der Waals surface area (Å²) in [6, 6.07) is 37.3. The number of rotatable bonds is 4. The van der Waals surface area contributed by atoms with E-state index in [1.165, 1.54) is 33.6 Å². The van der Waals surface area contributed by atoms with Gasteiger partial charge in [0.25, 0.3) is 0 Å². The molecule has 0 saturated heterocycles. The molecule has 34 heavy (non-hydrogen) atoms. The molecule has 0 aliphatic heterocycles. The molecule has 0 radical (unpaired) electrons. The maximum atomic E-state index is 9.75. The van der Waals surface area contributed by atoms with Crippen LogP contribution in [0.1, 0.15) is 18.9 Å². The van der Waals surface area contributed by atoms with Gasteiger partial charge in [-0.05, 0) is 47.9 Å². The van der Waals surface area contributed by atoms with Crippen molar-refractivity contribution in [3.05, 3.63) is 115 Å². The molecular formula is C28H24BF4N. The van der Waals surface area contributed by atoms with Crippen LogP contribution in [0.4, 0.5) is 17.3 Å². The first-order chi connectivity index (χ1) is 16.4. The van der Waals surface area contributed by atoms with E-state index in [1.807, 2.05) is 0 Å². The first-order valence-electron chi connectivity index (χ1n) is 11.2. The Morgan fingerprint density at radius 1 is 0.588 bits per heavy atom. The number of aromatic nitrogens is 1. The lowest BCUT2D eigenvalue weighted by Gasteiger charge is -2.16. The van der Waals surface area contributed by atoms with Crippen LogP contribution >= 0.6 is 0 Å². The lowest BCUT2D eigenvalue weighted by atomic mass is 9.98. The first kappa shape index (κ1) is 23.5. The van der Waals surface area contributed by atoms with E-state index < -0.39 is 7.25 Å². The Kier molecular flexibility index (Phi) is 7.26. The van der Waals surface area contributed by atoms with E-state index in [1.54, 1.807) is 0 Å². The molecule has 0 bridgehead atoms. The van der Waals surface area contributed by atoms with Gasteiger partial charge in [-0.15, -0.1) is 0 Å². The number of halogens is 4. The largest absolute Gasteiger partial charge is 0.673 e. The van der Waals surface area contributed by atoms with Crippen molar-refractivity contribution in [3.8, 4) is 33.6 Å². The summed E-state index contributed by atoms with van der Waals surface area (Å²) in [6.07, 6.45) is 6.96. The van der Waals surface area contributed by atoms with E-state index in [-0.39, 0.29) is 0 Å². The topological polar surface area (TPSA) is 3.88 Å². The van der Waals surface area contributed by atoms with Gasteiger partial charge in [-0.3, -0.25) is 0 Å². The standard InChI is InChI=1S/C28H24N.BF4/c1-4-12-22(13-5-1)25-20-27(23-14-6-2-7-15-23)29(26-18-10-11-19-26)28(21-25)24-16-8-3-9-17-24;2-1(3,4)5/h1-10,12-18,20-21,26H,11,19H2;/q+1;-1. The Hall–Kier alpha value is -3.67. The van der Waals surface area contributed by atoms with Crippen LogP contribution in [0, 0.1) is 0 Å². The fraction of sp³-hybridized carbons (Fsp3) is 0.107. The molecule has 1 atom stereocenters. The monoisotopic (exact) mass is 461 g/mol. The Labute approximate surface area is 197 Å². The van der Waals surface area contributed by atoms with Gasteiger partial charge in [0, 0.05) is 29.7 Å². The third kappa shape index (κ3) is 6.01. The molecular weight excluding hydrogens is 437 g/mol. The van der Waals surface area contributed by atoms with E-state index in [2.05, 4.69) is 120 Å². The molecule has 1 aromatic heterocycles. The van der Waals surface area contributed by atoms with Crippen molar-refractivity contribution in [3.63, 3.8) is 0 Å². The van der Waals surface area contributed by atoms with Crippen molar-refractivity contribution in [2.75, 3.05) is 0 Å². The fourth-order valence-corrected chi connectivity index (χ4v) is 4.25. The second kappa shape index (κ2) is 10.5. The van der Waals surface area contributed by atoms with E-state index in [9.17, 15) is 17.3 Å². The van der Waals surface area contributed by atoms with E-state index in [4.69, 9.17) is 0 Å². The van der Waals surface area contributed by atoms with Gasteiger partial charge in [-0.2, -0.15) is 4.57 Å². The summed E-state index contributed by atoms with van der Waals surface area (Å²) in [5.74, 6) is 0. The number of nitrogens with zero attached hydrogens (tertiary/aromatic N) is 1. The zero-order valence-corrected chi connectivity index (χ0v) is 18.5. The highest BCUT2D eigenvalue weighted by Gasteiger charge is 2.29. The molecule has 0 saturated carbocycles. The minimum absolute atomic E-state index is 0.380. The molecule has 3 aromatic carbocycles. The van der Waals surface area contributed by atoms with Crippen molar-refractivity contribution in [1.29, 1.82) is 0 Å². The summed E-state index contributed by atoms with van der Waals surface area (Å²) < 4.78 is 41.5. The van der Waals surface area contributed by atoms with Crippen LogP contribution in [0.3, 0.4) is 0 Å². The Morgan fingerprint density at radius 3 is 1.38 bits per heavy atom. The summed E-state index contributed by atoms with van der Waals surface area (Å²) in [5.41, 5.74) is 7.53. The van der Waals surface area contributed by atoms with E-state index in [0.717, 1.165) is 12.8 Å². The van der Waals surface area contributed by atoms with Crippen LogP contribution < -0.4 is 4.57 Å². The second-order valence-corrected chi connectivity index (χ2v) is 8.05. The molecule has 0 N–H and O–H groups in total. The van der Waals surface area contributed by atoms with Crippen molar-refractivity contribution in [2.45, 2.75) is 18.9 Å². The first-order valence-corrected chi connectivity index (χ1v) is 11.2. The molecule has 0 amide bonds. The highest BCUT2D eigenvalue weighted by molar-refractivity contribution is 6.50. The van der Waals surface area contributed by atoms with Crippen molar-refractivity contribution in [1.82, 2.24) is 0 Å². The molecule has 1 unspecified atom stereocenters. The predicted octanol–water partition coefficient (Wildman–Crippen LogP) is 8.17. The number of hydrogen-bond acceptors (Lipinski definition) is 0. The molecule has 5 rings (SSSR count). The van der Waals surface area contributed by atoms with Gasteiger partial charge in [0.2, 0.25) is 11.4 Å². The zero-order valence-electron chi connectivity index (χ0n) is 18.5. The Balaban J connectivity index is 0.000000499. The van der Waals surface area contributed by atoms with Crippen LogP contribution in [-0.2, 0) is 0 Å². The summed E-state index contributed by atoms with van der Waals surface area (Å²) >= 11 is 0. The average molecular weight is 461 g/mol. The molecule has 6 heteroatoms. The minimum atomic E-state index is -6.00. The average Bonchev–Trinajstić information content (AvgIpc) is 3.38.